The number of nitrogens with one attached hydrogen (secondary N) is 1. The average molecular weight is 373 g/mol. The van der Waals surface area contributed by atoms with Crippen molar-refractivity contribution in [1.29, 1.82) is 0 Å². The largest absolute Gasteiger partial charge is 0.452 e. The minimum Gasteiger partial charge on any atom is -0.452 e. The Kier molecular flexibility index (Phi) is 5.54. The zero-order valence-corrected chi connectivity index (χ0v) is 15.0. The first kappa shape index (κ1) is 19.0. The van der Waals surface area contributed by atoms with E-state index < -0.39 is 29.2 Å². The molecule has 1 atom stereocenters. The lowest BCUT2D eigenvalue weighted by Gasteiger charge is -2.28. The lowest BCUT2D eigenvalue weighted by Crippen LogP contribution is -2.39. The van der Waals surface area contributed by atoms with E-state index in [-0.39, 0.29) is 5.82 Å². The van der Waals surface area contributed by atoms with Crippen LogP contribution in [0.4, 0.5) is 14.5 Å². The summed E-state index contributed by atoms with van der Waals surface area (Å²) in [5.41, 5.74) is 0.272. The summed E-state index contributed by atoms with van der Waals surface area (Å²) in [6.07, 6.45) is 1.92. The maximum absolute atomic E-state index is 13.3. The van der Waals surface area contributed by atoms with Crippen LogP contribution in [0, 0.1) is 11.6 Å². The van der Waals surface area contributed by atoms with E-state index in [4.69, 9.17) is 4.74 Å². The van der Waals surface area contributed by atoms with E-state index in [9.17, 15) is 18.4 Å². The minimum absolute atomic E-state index is 0.368. The molecule has 4 nitrogen and oxygen atoms in total. The number of amides is 1. The van der Waals surface area contributed by atoms with Crippen molar-refractivity contribution in [2.75, 3.05) is 5.32 Å². The van der Waals surface area contributed by atoms with Crippen molar-refractivity contribution in [3.8, 4) is 0 Å². The van der Waals surface area contributed by atoms with E-state index in [1.165, 1.54) is 43.3 Å². The highest BCUT2D eigenvalue weighted by Gasteiger charge is 2.45. The fourth-order valence-corrected chi connectivity index (χ4v) is 3.46. The van der Waals surface area contributed by atoms with Gasteiger partial charge in [-0.3, -0.25) is 9.59 Å². The van der Waals surface area contributed by atoms with Crippen LogP contribution in [0.15, 0.2) is 48.5 Å². The van der Waals surface area contributed by atoms with Gasteiger partial charge >= 0.3 is 5.97 Å². The van der Waals surface area contributed by atoms with Gasteiger partial charge in [-0.05, 0) is 61.7 Å². The monoisotopic (exact) mass is 373 g/mol. The molecule has 0 aliphatic heterocycles. The van der Waals surface area contributed by atoms with Crippen molar-refractivity contribution in [2.45, 2.75) is 44.1 Å². The fourth-order valence-electron chi connectivity index (χ4n) is 3.46. The standard InChI is InChI=1S/C21H21F2NO3/c1-14(19(25)24-18-10-8-17(23)9-11-18)27-20(26)21(12-2-3-13-21)15-4-6-16(22)7-5-15/h4-11,14H,2-3,12-13H2,1H3,(H,24,25)/t14-/m0/s1. The SMILES string of the molecule is C[C@H](OC(=O)C1(c2ccc(F)cc2)CCCC1)C(=O)Nc1ccc(F)cc1. The summed E-state index contributed by atoms with van der Waals surface area (Å²) in [4.78, 5) is 25.2. The Morgan fingerprint density at radius 3 is 2.04 bits per heavy atom. The van der Waals surface area contributed by atoms with Crippen molar-refractivity contribution < 1.29 is 23.1 Å². The molecule has 1 fully saturated rings. The molecule has 0 aromatic heterocycles. The number of hydrogen-bond donors (Lipinski definition) is 1. The van der Waals surface area contributed by atoms with E-state index in [2.05, 4.69) is 5.32 Å². The number of benzene rings is 2. The predicted octanol–water partition coefficient (Wildman–Crippen LogP) is 4.35. The van der Waals surface area contributed by atoms with E-state index in [1.54, 1.807) is 12.1 Å². The molecule has 0 unspecified atom stereocenters. The van der Waals surface area contributed by atoms with Crippen molar-refractivity contribution in [3.05, 3.63) is 65.7 Å². The molecule has 27 heavy (non-hydrogen) atoms. The molecule has 0 radical (unpaired) electrons. The van der Waals surface area contributed by atoms with Gasteiger partial charge in [0.15, 0.2) is 6.10 Å². The molecule has 3 rings (SSSR count). The van der Waals surface area contributed by atoms with Gasteiger partial charge in [-0.1, -0.05) is 25.0 Å². The summed E-state index contributed by atoms with van der Waals surface area (Å²) in [6, 6.07) is 11.2. The number of ether oxygens (including phenoxy) is 1. The highest BCUT2D eigenvalue weighted by atomic mass is 19.1. The molecule has 1 saturated carbocycles. The van der Waals surface area contributed by atoms with E-state index >= 15 is 0 Å². The van der Waals surface area contributed by atoms with Gasteiger partial charge in [-0.2, -0.15) is 0 Å². The molecule has 1 amide bonds. The summed E-state index contributed by atoms with van der Waals surface area (Å²) in [5, 5.41) is 2.59. The Balaban J connectivity index is 1.70. The first-order chi connectivity index (χ1) is 12.9. The van der Waals surface area contributed by atoms with Gasteiger partial charge in [0.2, 0.25) is 0 Å². The number of rotatable bonds is 5. The molecule has 142 valence electrons. The van der Waals surface area contributed by atoms with Crippen LogP contribution in [0.5, 0.6) is 0 Å². The Hall–Kier alpha value is -2.76. The van der Waals surface area contributed by atoms with E-state index in [0.29, 0.717) is 24.1 Å². The number of carbonyl (C=O) groups is 2. The van der Waals surface area contributed by atoms with Crippen LogP contribution in [-0.4, -0.2) is 18.0 Å². The molecule has 1 aliphatic carbocycles. The lowest BCUT2D eigenvalue weighted by molar-refractivity contribution is -0.159. The summed E-state index contributed by atoms with van der Waals surface area (Å²) in [6.45, 7) is 1.49. The average Bonchev–Trinajstić information content (AvgIpc) is 3.15. The maximum Gasteiger partial charge on any atom is 0.317 e. The van der Waals surface area contributed by atoms with Crippen LogP contribution in [0.2, 0.25) is 0 Å². The van der Waals surface area contributed by atoms with Gasteiger partial charge in [-0.25, -0.2) is 8.78 Å². The molecule has 0 heterocycles. The first-order valence-corrected chi connectivity index (χ1v) is 8.94. The van der Waals surface area contributed by atoms with Gasteiger partial charge in [0.1, 0.15) is 11.6 Å². The van der Waals surface area contributed by atoms with Crippen LogP contribution in [0.25, 0.3) is 0 Å². The van der Waals surface area contributed by atoms with E-state index in [1.807, 2.05) is 0 Å². The zero-order chi connectivity index (χ0) is 19.4. The zero-order valence-electron chi connectivity index (χ0n) is 15.0. The summed E-state index contributed by atoms with van der Waals surface area (Å²) >= 11 is 0. The third kappa shape index (κ3) is 4.15. The molecular weight excluding hydrogens is 352 g/mol. The highest BCUT2D eigenvalue weighted by Crippen LogP contribution is 2.42. The number of halogens is 2. The molecule has 0 saturated heterocycles. The van der Waals surface area contributed by atoms with Gasteiger partial charge in [0.05, 0.1) is 5.41 Å². The second-order valence-electron chi connectivity index (χ2n) is 6.84. The molecule has 0 spiro atoms. The Bertz CT molecular complexity index is 812. The predicted molar refractivity (Wildman–Crippen MR) is 97.1 cm³/mol. The summed E-state index contributed by atoms with van der Waals surface area (Å²) in [5.74, 6) is -1.75. The van der Waals surface area contributed by atoms with Gasteiger partial charge in [0, 0.05) is 5.69 Å². The number of esters is 1. The Morgan fingerprint density at radius 1 is 0.963 bits per heavy atom. The van der Waals surface area contributed by atoms with Crippen LogP contribution in [0.1, 0.15) is 38.2 Å². The number of anilines is 1. The molecule has 0 bridgehead atoms. The summed E-state index contributed by atoms with van der Waals surface area (Å²) < 4.78 is 31.7. The molecule has 1 aliphatic rings. The normalized spacial score (nSPS) is 16.6. The maximum atomic E-state index is 13.3. The van der Waals surface area contributed by atoms with Crippen LogP contribution in [0.3, 0.4) is 0 Å². The van der Waals surface area contributed by atoms with Crippen molar-refractivity contribution in [3.63, 3.8) is 0 Å². The van der Waals surface area contributed by atoms with Crippen LogP contribution < -0.4 is 5.32 Å². The van der Waals surface area contributed by atoms with Crippen molar-refractivity contribution in [2.24, 2.45) is 0 Å². The quantitative estimate of drug-likeness (QED) is 0.793. The third-order valence-electron chi connectivity index (χ3n) is 5.01. The van der Waals surface area contributed by atoms with Crippen LogP contribution >= 0.6 is 0 Å². The topological polar surface area (TPSA) is 55.4 Å². The number of hydrogen-bond acceptors (Lipinski definition) is 3. The Morgan fingerprint density at radius 2 is 1.48 bits per heavy atom. The molecule has 6 heteroatoms. The molecule has 2 aromatic rings. The van der Waals surface area contributed by atoms with E-state index in [0.717, 1.165) is 12.8 Å². The molecular formula is C21H21F2NO3. The summed E-state index contributed by atoms with van der Waals surface area (Å²) in [7, 11) is 0. The Labute approximate surface area is 156 Å². The van der Waals surface area contributed by atoms with Gasteiger partial charge in [0.25, 0.3) is 5.91 Å². The second-order valence-corrected chi connectivity index (χ2v) is 6.84. The van der Waals surface area contributed by atoms with Crippen LogP contribution in [-0.2, 0) is 19.7 Å². The smallest absolute Gasteiger partial charge is 0.317 e. The number of carbonyl (C=O) groups excluding carboxylic acids is 2. The van der Waals surface area contributed by atoms with Gasteiger partial charge < -0.3 is 10.1 Å². The molecule has 2 aromatic carbocycles. The lowest BCUT2D eigenvalue weighted by atomic mass is 9.79. The third-order valence-corrected chi connectivity index (χ3v) is 5.01. The van der Waals surface area contributed by atoms with Crippen molar-refractivity contribution >= 4 is 17.6 Å². The second kappa shape index (κ2) is 7.86. The van der Waals surface area contributed by atoms with Gasteiger partial charge in [-0.15, -0.1) is 0 Å². The fraction of sp³-hybridized carbons (Fsp3) is 0.333. The van der Waals surface area contributed by atoms with Crippen molar-refractivity contribution in [1.82, 2.24) is 0 Å². The minimum atomic E-state index is -1.01. The first-order valence-electron chi connectivity index (χ1n) is 8.94. The molecule has 1 N–H and O–H groups in total. The highest BCUT2D eigenvalue weighted by molar-refractivity contribution is 5.96.